The van der Waals surface area contributed by atoms with Crippen molar-refractivity contribution in [2.24, 2.45) is 0 Å². The van der Waals surface area contributed by atoms with E-state index in [-0.39, 0.29) is 12.3 Å². The fourth-order valence-corrected chi connectivity index (χ4v) is 3.04. The number of aromatic nitrogens is 2. The molecular weight excluding hydrogens is 370 g/mol. The van der Waals surface area contributed by atoms with Gasteiger partial charge in [-0.05, 0) is 28.8 Å². The van der Waals surface area contributed by atoms with Gasteiger partial charge in [0.2, 0.25) is 11.7 Å². The minimum Gasteiger partial charge on any atom is -0.493 e. The Balaban J connectivity index is 1.57. The van der Waals surface area contributed by atoms with Crippen LogP contribution in [0.1, 0.15) is 16.7 Å². The fraction of sp³-hybridized carbons (Fsp3) is 0.273. The number of benzene rings is 2. The van der Waals surface area contributed by atoms with E-state index in [1.165, 1.54) is 5.56 Å². The van der Waals surface area contributed by atoms with Crippen molar-refractivity contribution in [1.29, 1.82) is 0 Å². The van der Waals surface area contributed by atoms with Gasteiger partial charge >= 0.3 is 0 Å². The van der Waals surface area contributed by atoms with Crippen LogP contribution in [0.15, 0.2) is 55.1 Å². The smallest absolute Gasteiger partial charge is 0.224 e. The Morgan fingerprint density at radius 1 is 0.966 bits per heavy atom. The third-order valence-electron chi connectivity index (χ3n) is 4.53. The van der Waals surface area contributed by atoms with Crippen LogP contribution in [0.3, 0.4) is 0 Å². The molecule has 1 heterocycles. The summed E-state index contributed by atoms with van der Waals surface area (Å²) in [6.45, 7) is 1.24. The van der Waals surface area contributed by atoms with Crippen LogP contribution in [0.4, 0.5) is 0 Å². The van der Waals surface area contributed by atoms with Gasteiger partial charge in [0, 0.05) is 25.5 Å². The molecule has 1 N–H and O–H groups in total. The van der Waals surface area contributed by atoms with E-state index in [2.05, 4.69) is 22.4 Å². The minimum absolute atomic E-state index is 0.0817. The summed E-state index contributed by atoms with van der Waals surface area (Å²) in [6, 6.07) is 11.7. The van der Waals surface area contributed by atoms with Gasteiger partial charge in [-0.2, -0.15) is 0 Å². The van der Waals surface area contributed by atoms with Gasteiger partial charge in [0.05, 0.1) is 34.1 Å². The summed E-state index contributed by atoms with van der Waals surface area (Å²) in [5.74, 6) is 1.49. The highest BCUT2D eigenvalue weighted by Gasteiger charge is 2.14. The van der Waals surface area contributed by atoms with E-state index in [0.29, 0.717) is 23.8 Å². The second-order valence-electron chi connectivity index (χ2n) is 6.54. The molecule has 0 saturated heterocycles. The van der Waals surface area contributed by atoms with Crippen molar-refractivity contribution in [3.63, 3.8) is 0 Å². The van der Waals surface area contributed by atoms with Gasteiger partial charge in [-0.25, -0.2) is 4.98 Å². The van der Waals surface area contributed by atoms with Crippen LogP contribution in [0.5, 0.6) is 17.2 Å². The Morgan fingerprint density at radius 3 is 2.17 bits per heavy atom. The van der Waals surface area contributed by atoms with Crippen LogP contribution in [0.25, 0.3) is 0 Å². The number of hydrogen-bond acceptors (Lipinski definition) is 5. The van der Waals surface area contributed by atoms with E-state index >= 15 is 0 Å². The lowest BCUT2D eigenvalue weighted by molar-refractivity contribution is -0.120. The second kappa shape index (κ2) is 9.64. The summed E-state index contributed by atoms with van der Waals surface area (Å²) in [5.41, 5.74) is 3.00. The number of amides is 1. The lowest BCUT2D eigenvalue weighted by Gasteiger charge is -2.14. The van der Waals surface area contributed by atoms with Crippen molar-refractivity contribution in [2.45, 2.75) is 19.5 Å². The van der Waals surface area contributed by atoms with Crippen molar-refractivity contribution in [3.05, 3.63) is 71.8 Å². The second-order valence-corrected chi connectivity index (χ2v) is 6.54. The molecule has 1 aromatic heterocycles. The highest BCUT2D eigenvalue weighted by atomic mass is 16.5. The molecule has 0 atom stereocenters. The molecule has 0 saturated carbocycles. The zero-order valence-electron chi connectivity index (χ0n) is 16.8. The van der Waals surface area contributed by atoms with E-state index in [0.717, 1.165) is 17.7 Å². The van der Waals surface area contributed by atoms with E-state index in [1.54, 1.807) is 46.0 Å². The summed E-state index contributed by atoms with van der Waals surface area (Å²) >= 11 is 0. The van der Waals surface area contributed by atoms with Crippen LogP contribution >= 0.6 is 0 Å². The first-order valence-corrected chi connectivity index (χ1v) is 9.22. The normalized spacial score (nSPS) is 10.4. The van der Waals surface area contributed by atoms with Gasteiger partial charge in [0.25, 0.3) is 0 Å². The van der Waals surface area contributed by atoms with Crippen molar-refractivity contribution in [3.8, 4) is 17.2 Å². The van der Waals surface area contributed by atoms with Crippen molar-refractivity contribution >= 4 is 5.91 Å². The average molecular weight is 395 g/mol. The molecular formula is C22H25N3O4. The largest absolute Gasteiger partial charge is 0.493 e. The molecule has 29 heavy (non-hydrogen) atoms. The first-order valence-electron chi connectivity index (χ1n) is 9.22. The summed E-state index contributed by atoms with van der Waals surface area (Å²) in [7, 11) is 4.66. The number of rotatable bonds is 9. The summed E-state index contributed by atoms with van der Waals surface area (Å²) in [4.78, 5) is 16.4. The Kier molecular flexibility index (Phi) is 6.73. The van der Waals surface area contributed by atoms with Crippen LogP contribution in [-0.4, -0.2) is 36.8 Å². The molecule has 3 aromatic rings. The molecule has 152 valence electrons. The molecule has 0 spiro atoms. The van der Waals surface area contributed by atoms with Crippen molar-refractivity contribution in [2.75, 3.05) is 21.3 Å². The SMILES string of the molecule is COc1cc(CC(=O)NCc2ccc(Cn3ccnc3)cc2)cc(OC)c1OC. The minimum atomic E-state index is -0.0817. The Hall–Kier alpha value is -3.48. The monoisotopic (exact) mass is 395 g/mol. The van der Waals surface area contributed by atoms with Gasteiger partial charge < -0.3 is 24.1 Å². The van der Waals surface area contributed by atoms with E-state index in [9.17, 15) is 4.79 Å². The van der Waals surface area contributed by atoms with Gasteiger partial charge in [0.15, 0.2) is 11.5 Å². The zero-order chi connectivity index (χ0) is 20.6. The number of carbonyl (C=O) groups excluding carboxylic acids is 1. The lowest BCUT2D eigenvalue weighted by atomic mass is 10.1. The Labute approximate surface area is 170 Å². The van der Waals surface area contributed by atoms with E-state index in [4.69, 9.17) is 14.2 Å². The number of imidazole rings is 1. The van der Waals surface area contributed by atoms with Gasteiger partial charge in [0.1, 0.15) is 0 Å². The highest BCUT2D eigenvalue weighted by molar-refractivity contribution is 5.79. The van der Waals surface area contributed by atoms with E-state index < -0.39 is 0 Å². The third kappa shape index (κ3) is 5.28. The van der Waals surface area contributed by atoms with Crippen molar-refractivity contribution in [1.82, 2.24) is 14.9 Å². The summed E-state index contributed by atoms with van der Waals surface area (Å²) in [6.07, 6.45) is 5.70. The third-order valence-corrected chi connectivity index (χ3v) is 4.53. The molecule has 0 unspecified atom stereocenters. The van der Waals surface area contributed by atoms with Gasteiger partial charge in [-0.15, -0.1) is 0 Å². The van der Waals surface area contributed by atoms with Crippen LogP contribution in [0.2, 0.25) is 0 Å². The lowest BCUT2D eigenvalue weighted by Crippen LogP contribution is -2.24. The molecule has 3 rings (SSSR count). The first-order chi connectivity index (χ1) is 14.1. The number of hydrogen-bond donors (Lipinski definition) is 1. The highest BCUT2D eigenvalue weighted by Crippen LogP contribution is 2.38. The maximum atomic E-state index is 12.4. The number of nitrogens with one attached hydrogen (secondary N) is 1. The zero-order valence-corrected chi connectivity index (χ0v) is 16.8. The van der Waals surface area contributed by atoms with Crippen molar-refractivity contribution < 1.29 is 19.0 Å². The summed E-state index contributed by atoms with van der Waals surface area (Å²) in [5, 5.41) is 2.95. The molecule has 0 bridgehead atoms. The van der Waals surface area contributed by atoms with Gasteiger partial charge in [-0.1, -0.05) is 24.3 Å². The quantitative estimate of drug-likeness (QED) is 0.603. The molecule has 1 amide bonds. The number of methoxy groups -OCH3 is 3. The molecule has 0 aliphatic heterocycles. The molecule has 7 nitrogen and oxygen atoms in total. The van der Waals surface area contributed by atoms with Crippen LogP contribution < -0.4 is 19.5 Å². The van der Waals surface area contributed by atoms with Crippen LogP contribution in [0, 0.1) is 0 Å². The van der Waals surface area contributed by atoms with E-state index in [1.807, 2.05) is 22.9 Å². The Bertz CT molecular complexity index is 912. The summed E-state index contributed by atoms with van der Waals surface area (Å²) < 4.78 is 18.0. The fourth-order valence-electron chi connectivity index (χ4n) is 3.04. The standard InChI is InChI=1S/C22H25N3O4/c1-27-19-10-18(11-20(28-2)22(19)29-3)12-21(26)24-13-16-4-6-17(7-5-16)14-25-9-8-23-15-25/h4-11,15H,12-14H2,1-3H3,(H,24,26). The molecule has 0 aliphatic carbocycles. The number of ether oxygens (including phenoxy) is 3. The molecule has 0 aliphatic rings. The van der Waals surface area contributed by atoms with Gasteiger partial charge in [-0.3, -0.25) is 4.79 Å². The van der Waals surface area contributed by atoms with Crippen LogP contribution in [-0.2, 0) is 24.3 Å². The average Bonchev–Trinajstić information content (AvgIpc) is 3.25. The number of nitrogens with zero attached hydrogens (tertiary/aromatic N) is 2. The molecule has 0 fully saturated rings. The Morgan fingerprint density at radius 2 is 1.62 bits per heavy atom. The maximum absolute atomic E-state index is 12.4. The molecule has 2 aromatic carbocycles. The molecule has 0 radical (unpaired) electrons. The molecule has 7 heteroatoms. The predicted octanol–water partition coefficient (Wildman–Crippen LogP) is 2.82. The first kappa shape index (κ1) is 20.3. The topological polar surface area (TPSA) is 74.6 Å². The predicted molar refractivity (Wildman–Crippen MR) is 109 cm³/mol. The maximum Gasteiger partial charge on any atom is 0.224 e. The number of carbonyl (C=O) groups is 1.